The van der Waals surface area contributed by atoms with E-state index in [2.05, 4.69) is 25.9 Å². The van der Waals surface area contributed by atoms with Gasteiger partial charge in [-0.3, -0.25) is 0 Å². The maximum Gasteiger partial charge on any atom is 0.406 e. The number of pyridine rings is 1. The smallest absolute Gasteiger partial charge is 0.406 e. The highest BCUT2D eigenvalue weighted by Crippen LogP contribution is 2.30. The first-order valence-corrected chi connectivity index (χ1v) is 5.73. The van der Waals surface area contributed by atoms with Crippen LogP contribution in [0, 0.1) is 10.1 Å². The molecule has 8 heteroatoms. The largest absolute Gasteiger partial charge is 0.473 e. The number of ether oxygens (including phenoxy) is 1. The van der Waals surface area contributed by atoms with E-state index in [-0.39, 0.29) is 11.6 Å². The minimum absolute atomic E-state index is 0.0556. The summed E-state index contributed by atoms with van der Waals surface area (Å²) in [6.45, 7) is 1.68. The maximum atomic E-state index is 10.8. The first kappa shape index (κ1) is 12.5. The predicted molar refractivity (Wildman–Crippen MR) is 64.1 cm³/mol. The van der Waals surface area contributed by atoms with Crippen LogP contribution in [0.2, 0.25) is 0 Å². The normalized spacial score (nSPS) is 12.1. The van der Waals surface area contributed by atoms with E-state index in [1.54, 1.807) is 6.92 Å². The molecule has 2 aromatic rings. The van der Waals surface area contributed by atoms with Gasteiger partial charge in [0.2, 0.25) is 11.6 Å². The Morgan fingerprint density at radius 2 is 2.33 bits per heavy atom. The second-order valence-corrected chi connectivity index (χ2v) is 4.28. The Morgan fingerprint density at radius 1 is 1.56 bits per heavy atom. The quantitative estimate of drug-likeness (QED) is 0.636. The van der Waals surface area contributed by atoms with E-state index >= 15 is 0 Å². The zero-order valence-electron chi connectivity index (χ0n) is 9.24. The first-order chi connectivity index (χ1) is 8.58. The van der Waals surface area contributed by atoms with Crippen molar-refractivity contribution in [1.29, 1.82) is 0 Å². The Kier molecular flexibility index (Phi) is 3.56. The molecule has 0 aliphatic carbocycles. The van der Waals surface area contributed by atoms with Gasteiger partial charge in [-0.1, -0.05) is 0 Å². The fourth-order valence-corrected chi connectivity index (χ4v) is 1.62. The van der Waals surface area contributed by atoms with Crippen molar-refractivity contribution in [2.45, 2.75) is 13.0 Å². The fourth-order valence-electron chi connectivity index (χ4n) is 1.31. The molecule has 0 aromatic carbocycles. The SMILES string of the molecule is CC(Oc1cc(Br)cnc1[N+](=O)[O-])c1ncco1. The van der Waals surface area contributed by atoms with Gasteiger partial charge >= 0.3 is 5.82 Å². The van der Waals surface area contributed by atoms with Crippen molar-refractivity contribution in [3.05, 3.63) is 45.2 Å². The Hall–Kier alpha value is -1.96. The second-order valence-electron chi connectivity index (χ2n) is 3.36. The highest BCUT2D eigenvalue weighted by molar-refractivity contribution is 9.10. The van der Waals surface area contributed by atoms with Crippen LogP contribution in [-0.4, -0.2) is 14.9 Å². The molecule has 2 aromatic heterocycles. The lowest BCUT2D eigenvalue weighted by molar-refractivity contribution is -0.390. The van der Waals surface area contributed by atoms with Crippen molar-refractivity contribution in [2.75, 3.05) is 0 Å². The number of aromatic nitrogens is 2. The van der Waals surface area contributed by atoms with Gasteiger partial charge in [-0.05, 0) is 32.8 Å². The molecule has 7 nitrogen and oxygen atoms in total. The molecule has 2 heterocycles. The van der Waals surface area contributed by atoms with Crippen LogP contribution in [-0.2, 0) is 0 Å². The molecular formula is C10H8BrN3O4. The summed E-state index contributed by atoms with van der Waals surface area (Å²) >= 11 is 3.18. The number of hydrogen-bond donors (Lipinski definition) is 0. The van der Waals surface area contributed by atoms with Gasteiger partial charge in [0.15, 0.2) is 12.3 Å². The third kappa shape index (κ3) is 2.65. The monoisotopic (exact) mass is 313 g/mol. The van der Waals surface area contributed by atoms with Gasteiger partial charge in [-0.15, -0.1) is 0 Å². The summed E-state index contributed by atoms with van der Waals surface area (Å²) in [6.07, 6.45) is 3.67. The van der Waals surface area contributed by atoms with Crippen molar-refractivity contribution < 1.29 is 14.1 Å². The number of rotatable bonds is 4. The summed E-state index contributed by atoms with van der Waals surface area (Å²) in [5.74, 6) is 0.0426. The molecule has 0 radical (unpaired) electrons. The summed E-state index contributed by atoms with van der Waals surface area (Å²) in [4.78, 5) is 17.8. The Morgan fingerprint density at radius 3 is 2.94 bits per heavy atom. The molecule has 1 atom stereocenters. The summed E-state index contributed by atoms with van der Waals surface area (Å²) in [6, 6.07) is 1.48. The van der Waals surface area contributed by atoms with Crippen LogP contribution < -0.4 is 4.74 Å². The van der Waals surface area contributed by atoms with Crippen molar-refractivity contribution in [2.24, 2.45) is 0 Å². The van der Waals surface area contributed by atoms with Gasteiger partial charge in [-0.2, -0.15) is 0 Å². The van der Waals surface area contributed by atoms with Crippen LogP contribution in [0.15, 0.2) is 33.6 Å². The zero-order valence-corrected chi connectivity index (χ0v) is 10.8. The summed E-state index contributed by atoms with van der Waals surface area (Å²) < 4.78 is 11.1. The number of oxazole rings is 1. The molecule has 0 bridgehead atoms. The predicted octanol–water partition coefficient (Wildman–Crippen LogP) is 2.88. The van der Waals surface area contributed by atoms with E-state index in [4.69, 9.17) is 9.15 Å². The van der Waals surface area contributed by atoms with Crippen LogP contribution in [0.25, 0.3) is 0 Å². The zero-order chi connectivity index (χ0) is 13.1. The van der Waals surface area contributed by atoms with Crippen LogP contribution in [0.5, 0.6) is 5.75 Å². The maximum absolute atomic E-state index is 10.8. The first-order valence-electron chi connectivity index (χ1n) is 4.94. The van der Waals surface area contributed by atoms with E-state index in [0.29, 0.717) is 10.4 Å². The van der Waals surface area contributed by atoms with Gasteiger partial charge in [0, 0.05) is 6.07 Å². The number of halogens is 1. The molecule has 0 fully saturated rings. The number of hydrogen-bond acceptors (Lipinski definition) is 6. The second kappa shape index (κ2) is 5.13. The summed E-state index contributed by atoms with van der Waals surface area (Å²) in [5, 5.41) is 10.8. The van der Waals surface area contributed by atoms with E-state index in [0.717, 1.165) is 0 Å². The molecule has 0 amide bonds. The highest BCUT2D eigenvalue weighted by Gasteiger charge is 2.21. The Balaban J connectivity index is 2.28. The molecule has 0 saturated heterocycles. The van der Waals surface area contributed by atoms with E-state index < -0.39 is 11.0 Å². The van der Waals surface area contributed by atoms with Crippen molar-refractivity contribution in [3.8, 4) is 5.75 Å². The minimum Gasteiger partial charge on any atom is -0.473 e. The molecule has 0 spiro atoms. The molecule has 94 valence electrons. The van der Waals surface area contributed by atoms with E-state index in [1.807, 2.05) is 0 Å². The van der Waals surface area contributed by atoms with Gasteiger partial charge in [0.1, 0.15) is 6.26 Å². The van der Waals surface area contributed by atoms with Crippen molar-refractivity contribution in [1.82, 2.24) is 9.97 Å². The van der Waals surface area contributed by atoms with Crippen LogP contribution >= 0.6 is 15.9 Å². The van der Waals surface area contributed by atoms with Gasteiger partial charge in [-0.25, -0.2) is 4.98 Å². The third-order valence-corrected chi connectivity index (χ3v) is 2.51. The van der Waals surface area contributed by atoms with Gasteiger partial charge < -0.3 is 19.3 Å². The van der Waals surface area contributed by atoms with Crippen molar-refractivity contribution >= 4 is 21.7 Å². The number of nitro groups is 1. The molecule has 0 N–H and O–H groups in total. The Bertz CT molecular complexity index is 558. The fraction of sp³-hybridized carbons (Fsp3) is 0.200. The molecular weight excluding hydrogens is 306 g/mol. The molecule has 1 unspecified atom stereocenters. The minimum atomic E-state index is -0.607. The van der Waals surface area contributed by atoms with Crippen LogP contribution in [0.3, 0.4) is 0 Å². The van der Waals surface area contributed by atoms with Crippen LogP contribution in [0.1, 0.15) is 18.9 Å². The molecule has 0 aliphatic heterocycles. The van der Waals surface area contributed by atoms with Crippen molar-refractivity contribution in [3.63, 3.8) is 0 Å². The average Bonchev–Trinajstić information content (AvgIpc) is 2.81. The summed E-state index contributed by atoms with van der Waals surface area (Å²) in [5.41, 5.74) is 0. The van der Waals surface area contributed by atoms with Crippen LogP contribution in [0.4, 0.5) is 5.82 Å². The molecule has 0 saturated carbocycles. The Labute approximate surface area is 110 Å². The lowest BCUT2D eigenvalue weighted by Gasteiger charge is -2.10. The molecule has 18 heavy (non-hydrogen) atoms. The molecule has 0 aliphatic rings. The van der Waals surface area contributed by atoms with E-state index in [9.17, 15) is 10.1 Å². The standard InChI is InChI=1S/C10H8BrN3O4/c1-6(10-12-2-3-17-10)18-8-4-7(11)5-13-9(8)14(15)16/h2-6H,1H3. The third-order valence-electron chi connectivity index (χ3n) is 2.08. The van der Waals surface area contributed by atoms with Gasteiger partial charge in [0.05, 0.1) is 10.7 Å². The lowest BCUT2D eigenvalue weighted by atomic mass is 10.3. The lowest BCUT2D eigenvalue weighted by Crippen LogP contribution is -2.06. The van der Waals surface area contributed by atoms with Gasteiger partial charge in [0.25, 0.3) is 0 Å². The average molecular weight is 314 g/mol. The summed E-state index contributed by atoms with van der Waals surface area (Å²) in [7, 11) is 0. The topological polar surface area (TPSA) is 91.3 Å². The highest BCUT2D eigenvalue weighted by atomic mass is 79.9. The number of nitrogens with zero attached hydrogens (tertiary/aromatic N) is 3. The van der Waals surface area contributed by atoms with E-state index in [1.165, 1.54) is 24.7 Å². The molecule has 2 rings (SSSR count).